The van der Waals surface area contributed by atoms with Gasteiger partial charge in [-0.3, -0.25) is 4.79 Å². The predicted octanol–water partition coefficient (Wildman–Crippen LogP) is 2.96. The molecule has 0 spiro atoms. The largest absolute Gasteiger partial charge is 0.433 e. The number of hydrogen-bond acceptors (Lipinski definition) is 4. The molecule has 1 heterocycles. The van der Waals surface area contributed by atoms with Crippen molar-refractivity contribution in [1.82, 2.24) is 0 Å². The Balaban J connectivity index is 1.97. The molecule has 1 aliphatic heterocycles. The van der Waals surface area contributed by atoms with Crippen LogP contribution in [0, 0.1) is 0 Å². The van der Waals surface area contributed by atoms with E-state index in [0.29, 0.717) is 13.0 Å². The van der Waals surface area contributed by atoms with Gasteiger partial charge >= 0.3 is 5.97 Å². The van der Waals surface area contributed by atoms with Crippen LogP contribution >= 0.6 is 0 Å². The first-order valence-corrected chi connectivity index (χ1v) is 6.30. The highest BCUT2D eigenvalue weighted by atomic mass is 17.2. The van der Waals surface area contributed by atoms with Crippen LogP contribution in [0.5, 0.6) is 0 Å². The van der Waals surface area contributed by atoms with E-state index in [1.807, 2.05) is 0 Å². The van der Waals surface area contributed by atoms with Gasteiger partial charge in [-0.05, 0) is 12.8 Å². The molecule has 0 N–H and O–H groups in total. The molecule has 1 saturated heterocycles. The van der Waals surface area contributed by atoms with E-state index in [1.165, 1.54) is 19.3 Å². The lowest BCUT2D eigenvalue weighted by Crippen LogP contribution is -2.25. The molecular formula is C12H22O4. The molecule has 1 fully saturated rings. The number of esters is 1. The van der Waals surface area contributed by atoms with Gasteiger partial charge in [-0.1, -0.05) is 32.6 Å². The van der Waals surface area contributed by atoms with Crippen LogP contribution in [-0.4, -0.2) is 18.9 Å². The summed E-state index contributed by atoms with van der Waals surface area (Å²) in [6.07, 6.45) is 7.30. The van der Waals surface area contributed by atoms with Crippen molar-refractivity contribution in [2.45, 2.75) is 64.6 Å². The van der Waals surface area contributed by atoms with E-state index in [1.54, 1.807) is 0 Å². The van der Waals surface area contributed by atoms with E-state index in [-0.39, 0.29) is 5.97 Å². The second kappa shape index (κ2) is 8.53. The average molecular weight is 230 g/mol. The maximum absolute atomic E-state index is 11.4. The Bertz CT molecular complexity index is 187. The lowest BCUT2D eigenvalue weighted by Gasteiger charge is -2.20. The minimum atomic E-state index is -0.489. The Morgan fingerprint density at radius 1 is 1.31 bits per heavy atom. The third-order valence-electron chi connectivity index (χ3n) is 2.59. The second-order valence-electron chi connectivity index (χ2n) is 4.14. The van der Waals surface area contributed by atoms with Crippen molar-refractivity contribution < 1.29 is 19.3 Å². The molecule has 4 nitrogen and oxygen atoms in total. The van der Waals surface area contributed by atoms with Crippen LogP contribution < -0.4 is 0 Å². The van der Waals surface area contributed by atoms with Crippen molar-refractivity contribution >= 4 is 5.97 Å². The number of unbranched alkanes of at least 4 members (excludes halogenated alkanes) is 4. The average Bonchev–Trinajstić information content (AvgIpc) is 2.30. The Kier molecular flexibility index (Phi) is 7.17. The van der Waals surface area contributed by atoms with Gasteiger partial charge in [-0.15, -0.1) is 0 Å². The molecule has 1 rings (SSSR count). The summed E-state index contributed by atoms with van der Waals surface area (Å²) < 4.78 is 5.11. The fourth-order valence-corrected chi connectivity index (χ4v) is 1.64. The lowest BCUT2D eigenvalue weighted by atomic mass is 10.1. The van der Waals surface area contributed by atoms with Crippen LogP contribution in [0.2, 0.25) is 0 Å². The first kappa shape index (κ1) is 13.5. The van der Waals surface area contributed by atoms with Gasteiger partial charge in [0, 0.05) is 12.8 Å². The summed E-state index contributed by atoms with van der Waals surface area (Å²) >= 11 is 0. The maximum atomic E-state index is 11.4. The van der Waals surface area contributed by atoms with E-state index in [9.17, 15) is 4.79 Å². The zero-order valence-corrected chi connectivity index (χ0v) is 10.1. The minimum Gasteiger partial charge on any atom is -0.433 e. The number of hydrogen-bond donors (Lipinski definition) is 0. The monoisotopic (exact) mass is 230 g/mol. The molecule has 0 aliphatic carbocycles. The van der Waals surface area contributed by atoms with Crippen molar-refractivity contribution in [3.63, 3.8) is 0 Å². The van der Waals surface area contributed by atoms with Crippen LogP contribution in [0.25, 0.3) is 0 Å². The number of carbonyl (C=O) groups is 1. The van der Waals surface area contributed by atoms with Gasteiger partial charge in [0.2, 0.25) is 6.29 Å². The summed E-state index contributed by atoms with van der Waals surface area (Å²) in [5.41, 5.74) is 0. The molecule has 0 aromatic rings. The summed E-state index contributed by atoms with van der Waals surface area (Å²) in [7, 11) is 0. The molecule has 0 radical (unpaired) electrons. The third-order valence-corrected chi connectivity index (χ3v) is 2.59. The molecule has 0 aromatic carbocycles. The van der Waals surface area contributed by atoms with E-state index < -0.39 is 6.29 Å². The molecule has 0 bridgehead atoms. The zero-order valence-electron chi connectivity index (χ0n) is 10.1. The van der Waals surface area contributed by atoms with Crippen molar-refractivity contribution in [2.24, 2.45) is 0 Å². The standard InChI is InChI=1S/C12H22O4/c1-2-3-4-5-6-8-11(13)15-12-9-7-10-14-16-12/h12H,2-10H2,1H3. The smallest absolute Gasteiger partial charge is 0.308 e. The van der Waals surface area contributed by atoms with Gasteiger partial charge in [0.25, 0.3) is 0 Å². The van der Waals surface area contributed by atoms with Gasteiger partial charge in [-0.2, -0.15) is 4.89 Å². The second-order valence-corrected chi connectivity index (χ2v) is 4.14. The predicted molar refractivity (Wildman–Crippen MR) is 59.5 cm³/mol. The van der Waals surface area contributed by atoms with Gasteiger partial charge in [0.1, 0.15) is 0 Å². The summed E-state index contributed by atoms with van der Waals surface area (Å²) in [5, 5.41) is 0. The van der Waals surface area contributed by atoms with Crippen molar-refractivity contribution in [2.75, 3.05) is 6.61 Å². The Morgan fingerprint density at radius 2 is 2.12 bits per heavy atom. The van der Waals surface area contributed by atoms with E-state index in [2.05, 4.69) is 6.92 Å². The highest BCUT2D eigenvalue weighted by molar-refractivity contribution is 5.69. The van der Waals surface area contributed by atoms with Crippen LogP contribution in [0.15, 0.2) is 0 Å². The fourth-order valence-electron chi connectivity index (χ4n) is 1.64. The minimum absolute atomic E-state index is 0.174. The van der Waals surface area contributed by atoms with Gasteiger partial charge in [-0.25, -0.2) is 4.89 Å². The van der Waals surface area contributed by atoms with Gasteiger partial charge in [0.15, 0.2) is 0 Å². The van der Waals surface area contributed by atoms with Gasteiger partial charge in [0.05, 0.1) is 6.61 Å². The quantitative estimate of drug-likeness (QED) is 0.383. The molecule has 1 unspecified atom stereocenters. The van der Waals surface area contributed by atoms with Crippen LogP contribution in [0.3, 0.4) is 0 Å². The zero-order chi connectivity index (χ0) is 11.6. The van der Waals surface area contributed by atoms with Crippen LogP contribution in [0.1, 0.15) is 58.3 Å². The van der Waals surface area contributed by atoms with Crippen LogP contribution in [0.4, 0.5) is 0 Å². The van der Waals surface area contributed by atoms with Crippen molar-refractivity contribution in [3.8, 4) is 0 Å². The topological polar surface area (TPSA) is 44.8 Å². The van der Waals surface area contributed by atoms with Gasteiger partial charge < -0.3 is 4.74 Å². The first-order chi connectivity index (χ1) is 7.83. The summed E-state index contributed by atoms with van der Waals surface area (Å²) in [5.74, 6) is -0.174. The molecule has 94 valence electrons. The Hall–Kier alpha value is -0.610. The maximum Gasteiger partial charge on any atom is 0.308 e. The highest BCUT2D eigenvalue weighted by Gasteiger charge is 2.19. The van der Waals surface area contributed by atoms with Crippen LogP contribution in [-0.2, 0) is 19.3 Å². The summed E-state index contributed by atoms with van der Waals surface area (Å²) in [6.45, 7) is 2.76. The molecule has 16 heavy (non-hydrogen) atoms. The third kappa shape index (κ3) is 6.08. The van der Waals surface area contributed by atoms with E-state index >= 15 is 0 Å². The van der Waals surface area contributed by atoms with Crippen molar-refractivity contribution in [3.05, 3.63) is 0 Å². The SMILES string of the molecule is CCCCCCCC(=O)OC1CCCOO1. The highest BCUT2D eigenvalue weighted by Crippen LogP contribution is 2.13. The number of ether oxygens (including phenoxy) is 1. The molecule has 1 atom stereocenters. The number of rotatable bonds is 7. The Morgan fingerprint density at radius 3 is 2.81 bits per heavy atom. The first-order valence-electron chi connectivity index (χ1n) is 6.30. The lowest BCUT2D eigenvalue weighted by molar-refractivity contribution is -0.390. The summed E-state index contributed by atoms with van der Waals surface area (Å²) in [4.78, 5) is 21.0. The summed E-state index contributed by atoms with van der Waals surface area (Å²) in [6, 6.07) is 0. The van der Waals surface area contributed by atoms with E-state index in [4.69, 9.17) is 14.5 Å². The molecule has 0 amide bonds. The number of carbonyl (C=O) groups excluding carboxylic acids is 1. The molecular weight excluding hydrogens is 208 g/mol. The fraction of sp³-hybridized carbons (Fsp3) is 0.917. The molecule has 1 aliphatic rings. The van der Waals surface area contributed by atoms with E-state index in [0.717, 1.165) is 25.7 Å². The Labute approximate surface area is 97.2 Å². The molecule has 4 heteroatoms. The molecule has 0 saturated carbocycles. The molecule has 0 aromatic heterocycles. The normalized spacial score (nSPS) is 20.7. The van der Waals surface area contributed by atoms with Crippen molar-refractivity contribution in [1.29, 1.82) is 0 Å².